The van der Waals surface area contributed by atoms with Gasteiger partial charge in [-0.1, -0.05) is 30.3 Å². The van der Waals surface area contributed by atoms with Crippen LogP contribution in [0, 0.1) is 0 Å². The predicted octanol–water partition coefficient (Wildman–Crippen LogP) is 5.64. The number of hydrogen-bond donors (Lipinski definition) is 0. The van der Waals surface area contributed by atoms with Crippen molar-refractivity contribution in [1.29, 1.82) is 0 Å². The number of benzene rings is 2. The van der Waals surface area contributed by atoms with Crippen molar-refractivity contribution in [3.63, 3.8) is 0 Å². The van der Waals surface area contributed by atoms with Gasteiger partial charge in [0.1, 0.15) is 23.5 Å². The minimum Gasteiger partial charge on any atom is -0.493 e. The smallest absolute Gasteiger partial charge is 0.410 e. The average molecular weight is 553 g/mol. The van der Waals surface area contributed by atoms with E-state index in [4.69, 9.17) is 23.4 Å². The van der Waals surface area contributed by atoms with Crippen molar-refractivity contribution in [3.05, 3.63) is 65.9 Å². The number of esters is 1. The highest BCUT2D eigenvalue weighted by Gasteiger charge is 2.35. The van der Waals surface area contributed by atoms with Crippen LogP contribution < -0.4 is 4.74 Å². The summed E-state index contributed by atoms with van der Waals surface area (Å²) in [4.78, 5) is 41.1. The van der Waals surface area contributed by atoms with E-state index in [-0.39, 0.29) is 31.6 Å². The van der Waals surface area contributed by atoms with Gasteiger partial charge in [-0.25, -0.2) is 14.4 Å². The minimum atomic E-state index is -0.647. The summed E-state index contributed by atoms with van der Waals surface area (Å²) in [5, 5.41) is 0.709. The van der Waals surface area contributed by atoms with Gasteiger partial charge in [0, 0.05) is 31.4 Å². The number of rotatable bonds is 8. The van der Waals surface area contributed by atoms with E-state index >= 15 is 0 Å². The molecule has 1 atom stereocenters. The van der Waals surface area contributed by atoms with Crippen LogP contribution in [-0.4, -0.2) is 72.4 Å². The van der Waals surface area contributed by atoms with Gasteiger partial charge in [-0.15, -0.1) is 0 Å². The van der Waals surface area contributed by atoms with E-state index in [9.17, 15) is 14.4 Å². The Bertz CT molecular complexity index is 1310. The molecule has 10 heteroatoms. The zero-order chi connectivity index (χ0) is 28.7. The molecule has 40 heavy (non-hydrogen) atoms. The van der Waals surface area contributed by atoms with Gasteiger partial charge in [-0.2, -0.15) is 0 Å². The van der Waals surface area contributed by atoms with E-state index in [1.54, 1.807) is 41.0 Å². The highest BCUT2D eigenvalue weighted by Crippen LogP contribution is 2.26. The fourth-order valence-electron chi connectivity index (χ4n) is 4.37. The number of carbonyl (C=O) groups excluding carboxylic acids is 3. The third-order valence-electron chi connectivity index (χ3n) is 6.26. The van der Waals surface area contributed by atoms with Crippen molar-refractivity contribution in [2.75, 3.05) is 32.8 Å². The molecular formula is C30H36N2O8. The largest absolute Gasteiger partial charge is 0.493 e. The molecule has 214 valence electrons. The Labute approximate surface area is 233 Å². The molecule has 2 amide bonds. The fraction of sp³-hybridized carbons (Fsp3) is 0.433. The normalized spacial score (nSPS) is 15.6. The summed E-state index contributed by atoms with van der Waals surface area (Å²) in [6.45, 7) is 8.85. The predicted molar refractivity (Wildman–Crippen MR) is 147 cm³/mol. The summed E-state index contributed by atoms with van der Waals surface area (Å²) >= 11 is 0. The number of carbonyl (C=O) groups is 3. The summed E-state index contributed by atoms with van der Waals surface area (Å²) in [6, 6.07) is 16.0. The molecule has 0 bridgehead atoms. The zero-order valence-electron chi connectivity index (χ0n) is 23.4. The summed E-state index contributed by atoms with van der Waals surface area (Å²) in [5.74, 6) is 0.193. The van der Waals surface area contributed by atoms with Crippen molar-refractivity contribution in [1.82, 2.24) is 9.80 Å². The Balaban J connectivity index is 1.39. The molecule has 1 aliphatic heterocycles. The number of piperazine rings is 1. The van der Waals surface area contributed by atoms with Gasteiger partial charge in [0.15, 0.2) is 0 Å². The van der Waals surface area contributed by atoms with Crippen molar-refractivity contribution < 1.29 is 37.7 Å². The maximum Gasteiger partial charge on any atom is 0.410 e. The molecule has 0 aliphatic carbocycles. The first-order valence-electron chi connectivity index (χ1n) is 13.4. The van der Waals surface area contributed by atoms with Gasteiger partial charge in [0.25, 0.3) is 0 Å². The maximum absolute atomic E-state index is 13.0. The molecular weight excluding hydrogens is 516 g/mol. The van der Waals surface area contributed by atoms with E-state index in [2.05, 4.69) is 0 Å². The Morgan fingerprint density at radius 1 is 0.975 bits per heavy atom. The van der Waals surface area contributed by atoms with Crippen LogP contribution in [0.15, 0.2) is 59.0 Å². The Hall–Kier alpha value is -4.21. The van der Waals surface area contributed by atoms with Crippen LogP contribution in [0.3, 0.4) is 0 Å². The van der Waals surface area contributed by atoms with Crippen molar-refractivity contribution in [2.45, 2.75) is 52.4 Å². The lowest BCUT2D eigenvalue weighted by atomic mass is 10.1. The molecule has 1 aliphatic rings. The third-order valence-corrected chi connectivity index (χ3v) is 6.26. The standard InChI is InChI=1S/C30H36N2O8/c1-5-36-27(33)26-18-22-17-24(11-12-25(22)39-26)37-16-13-23-19-31(14-15-32(23)29(35)40-30(2,3)4)28(34)38-20-21-9-7-6-8-10-21/h6-12,17-18,23H,5,13-16,19-20H2,1-4H3/t23-/m1/s1. The molecule has 2 heterocycles. The molecule has 1 saturated heterocycles. The second kappa shape index (κ2) is 12.8. The summed E-state index contributed by atoms with van der Waals surface area (Å²) in [7, 11) is 0. The van der Waals surface area contributed by atoms with Gasteiger partial charge < -0.3 is 33.2 Å². The quantitative estimate of drug-likeness (QED) is 0.261. The maximum atomic E-state index is 13.0. The minimum absolute atomic E-state index is 0.128. The zero-order valence-corrected chi connectivity index (χ0v) is 23.4. The van der Waals surface area contributed by atoms with Gasteiger partial charge >= 0.3 is 18.2 Å². The topological polar surface area (TPSA) is 108 Å². The van der Waals surface area contributed by atoms with Crippen LogP contribution in [0.25, 0.3) is 11.0 Å². The summed E-state index contributed by atoms with van der Waals surface area (Å²) < 4.78 is 27.7. The molecule has 2 aromatic carbocycles. The molecule has 0 unspecified atom stereocenters. The third kappa shape index (κ3) is 7.68. The number of fused-ring (bicyclic) bond motifs is 1. The van der Waals surface area contributed by atoms with E-state index in [1.165, 1.54) is 0 Å². The van der Waals surface area contributed by atoms with Gasteiger partial charge in [0.05, 0.1) is 19.3 Å². The molecule has 0 radical (unpaired) electrons. The molecule has 0 N–H and O–H groups in total. The number of amides is 2. The van der Waals surface area contributed by atoms with Gasteiger partial charge in [-0.05, 0) is 57.5 Å². The van der Waals surface area contributed by atoms with E-state index in [1.807, 2.05) is 51.1 Å². The van der Waals surface area contributed by atoms with Crippen LogP contribution in [0.2, 0.25) is 0 Å². The molecule has 10 nitrogen and oxygen atoms in total. The second-order valence-electron chi connectivity index (χ2n) is 10.5. The van der Waals surface area contributed by atoms with Crippen LogP contribution >= 0.6 is 0 Å². The van der Waals surface area contributed by atoms with Crippen molar-refractivity contribution >= 4 is 29.1 Å². The molecule has 1 fully saturated rings. The molecule has 4 rings (SSSR count). The summed E-state index contributed by atoms with van der Waals surface area (Å²) in [5.41, 5.74) is 0.798. The number of nitrogens with zero attached hydrogens (tertiary/aromatic N) is 2. The van der Waals surface area contributed by atoms with Crippen LogP contribution in [0.1, 0.15) is 50.2 Å². The van der Waals surface area contributed by atoms with E-state index in [0.29, 0.717) is 42.8 Å². The molecule has 0 saturated carbocycles. The monoisotopic (exact) mass is 552 g/mol. The lowest BCUT2D eigenvalue weighted by Gasteiger charge is -2.41. The highest BCUT2D eigenvalue weighted by molar-refractivity contribution is 5.92. The Morgan fingerprint density at radius 3 is 2.48 bits per heavy atom. The SMILES string of the molecule is CCOC(=O)c1cc2cc(OCC[C@@H]3CN(C(=O)OCc4ccccc4)CCN3C(=O)OC(C)(C)C)ccc2o1. The number of ether oxygens (including phenoxy) is 4. The first-order chi connectivity index (χ1) is 19.1. The van der Waals surface area contributed by atoms with Gasteiger partial charge in [-0.3, -0.25) is 0 Å². The first-order valence-corrected chi connectivity index (χ1v) is 13.4. The van der Waals surface area contributed by atoms with E-state index < -0.39 is 23.8 Å². The number of hydrogen-bond acceptors (Lipinski definition) is 8. The first kappa shape index (κ1) is 28.8. The second-order valence-corrected chi connectivity index (χ2v) is 10.5. The van der Waals surface area contributed by atoms with Gasteiger partial charge in [0.2, 0.25) is 5.76 Å². The lowest BCUT2D eigenvalue weighted by molar-refractivity contribution is -0.00615. The van der Waals surface area contributed by atoms with Crippen LogP contribution in [-0.2, 0) is 20.8 Å². The average Bonchev–Trinajstić information content (AvgIpc) is 3.35. The van der Waals surface area contributed by atoms with Crippen LogP contribution in [0.5, 0.6) is 5.75 Å². The molecule has 1 aromatic heterocycles. The van der Waals surface area contributed by atoms with Crippen molar-refractivity contribution in [2.24, 2.45) is 0 Å². The highest BCUT2D eigenvalue weighted by atomic mass is 16.6. The summed E-state index contributed by atoms with van der Waals surface area (Å²) in [6.07, 6.45) is -0.401. The number of furan rings is 1. The van der Waals surface area contributed by atoms with Crippen molar-refractivity contribution in [3.8, 4) is 5.75 Å². The Kier molecular flexibility index (Phi) is 9.19. The van der Waals surface area contributed by atoms with E-state index in [0.717, 1.165) is 5.56 Å². The van der Waals surface area contributed by atoms with Crippen LogP contribution in [0.4, 0.5) is 9.59 Å². The Morgan fingerprint density at radius 2 is 1.75 bits per heavy atom. The lowest BCUT2D eigenvalue weighted by Crippen LogP contribution is -2.57. The molecule has 3 aromatic rings. The fourth-order valence-corrected chi connectivity index (χ4v) is 4.37. The molecule has 0 spiro atoms.